The number of hydrogen-bond donors (Lipinski definition) is 2. The quantitative estimate of drug-likeness (QED) is 0.600. The van der Waals surface area contributed by atoms with E-state index in [1.54, 1.807) is 4.68 Å². The lowest BCUT2D eigenvalue weighted by molar-refractivity contribution is 0.738. The lowest BCUT2D eigenvalue weighted by Gasteiger charge is -2.14. The Bertz CT molecular complexity index is 1090. The average molecular weight is 342 g/mol. The molecule has 2 N–H and O–H groups in total. The minimum absolute atomic E-state index is 0.757. The highest BCUT2D eigenvalue weighted by molar-refractivity contribution is 5.91. The van der Waals surface area contributed by atoms with E-state index in [1.807, 2.05) is 30.5 Å². The van der Waals surface area contributed by atoms with Crippen LogP contribution < -0.4 is 5.32 Å². The van der Waals surface area contributed by atoms with Gasteiger partial charge in [0.2, 0.25) is 0 Å². The van der Waals surface area contributed by atoms with Crippen LogP contribution >= 0.6 is 0 Å². The second-order valence-corrected chi connectivity index (χ2v) is 6.40. The van der Waals surface area contributed by atoms with Crippen LogP contribution in [0.3, 0.4) is 0 Å². The molecule has 1 aliphatic heterocycles. The number of nitrogens with zero attached hydrogens (tertiary/aromatic N) is 4. The summed E-state index contributed by atoms with van der Waals surface area (Å²) in [4.78, 5) is 0. The molecule has 0 unspecified atom stereocenters. The van der Waals surface area contributed by atoms with Gasteiger partial charge in [-0.3, -0.25) is 5.10 Å². The number of aromatic nitrogens is 5. The third kappa shape index (κ3) is 2.60. The van der Waals surface area contributed by atoms with Gasteiger partial charge in [-0.05, 0) is 42.3 Å². The first-order chi connectivity index (χ1) is 12.9. The van der Waals surface area contributed by atoms with Crippen molar-refractivity contribution in [2.24, 2.45) is 0 Å². The predicted octanol–water partition coefficient (Wildman–Crippen LogP) is 3.19. The molecule has 0 radical (unpaired) electrons. The van der Waals surface area contributed by atoms with E-state index in [0.29, 0.717) is 0 Å². The first-order valence-corrected chi connectivity index (χ1v) is 8.75. The molecule has 3 heterocycles. The molecule has 6 heteroatoms. The topological polar surface area (TPSA) is 71.4 Å². The number of para-hydroxylation sites is 1. The number of nitrogens with one attached hydrogen (secondary N) is 2. The summed E-state index contributed by atoms with van der Waals surface area (Å²) in [6, 6.07) is 16.5. The fourth-order valence-corrected chi connectivity index (χ4v) is 3.37. The Balaban J connectivity index is 1.46. The predicted molar refractivity (Wildman–Crippen MR) is 102 cm³/mol. The van der Waals surface area contributed by atoms with Gasteiger partial charge in [0.1, 0.15) is 11.4 Å². The van der Waals surface area contributed by atoms with Crippen LogP contribution in [0.4, 0.5) is 0 Å². The summed E-state index contributed by atoms with van der Waals surface area (Å²) in [5, 5.41) is 20.4. The number of aromatic amines is 1. The molecule has 5 rings (SSSR count). The van der Waals surface area contributed by atoms with E-state index >= 15 is 0 Å². The lowest BCUT2D eigenvalue weighted by Crippen LogP contribution is -2.19. The molecule has 4 aromatic rings. The fourth-order valence-electron chi connectivity index (χ4n) is 3.37. The monoisotopic (exact) mass is 342 g/mol. The molecule has 0 saturated carbocycles. The minimum atomic E-state index is 0.757. The highest BCUT2D eigenvalue weighted by atomic mass is 15.4. The highest BCUT2D eigenvalue weighted by Crippen LogP contribution is 2.25. The van der Waals surface area contributed by atoms with E-state index < -0.39 is 0 Å². The van der Waals surface area contributed by atoms with Gasteiger partial charge in [-0.2, -0.15) is 5.10 Å². The van der Waals surface area contributed by atoms with Crippen molar-refractivity contribution in [3.05, 3.63) is 66.4 Å². The Morgan fingerprint density at radius 2 is 1.88 bits per heavy atom. The molecule has 0 saturated heterocycles. The Kier molecular flexibility index (Phi) is 3.61. The summed E-state index contributed by atoms with van der Waals surface area (Å²) in [6.45, 7) is 1.98. The molecule has 0 bridgehead atoms. The molecule has 26 heavy (non-hydrogen) atoms. The smallest absolute Gasteiger partial charge is 0.134 e. The Hall–Kier alpha value is -3.25. The molecule has 0 amide bonds. The molecule has 128 valence electrons. The first-order valence-electron chi connectivity index (χ1n) is 8.75. The molecule has 0 aliphatic carbocycles. The molecule has 2 aromatic heterocycles. The van der Waals surface area contributed by atoms with Crippen molar-refractivity contribution < 1.29 is 0 Å². The third-order valence-corrected chi connectivity index (χ3v) is 4.77. The van der Waals surface area contributed by atoms with Crippen molar-refractivity contribution in [1.82, 2.24) is 30.5 Å². The van der Waals surface area contributed by atoms with Crippen LogP contribution in [-0.4, -0.2) is 38.3 Å². The number of H-pyrrole nitrogens is 1. The van der Waals surface area contributed by atoms with Crippen molar-refractivity contribution in [1.29, 1.82) is 0 Å². The molecule has 1 aliphatic rings. The van der Waals surface area contributed by atoms with E-state index in [2.05, 4.69) is 56.2 Å². The summed E-state index contributed by atoms with van der Waals surface area (Å²) in [6.07, 6.45) is 5.25. The third-order valence-electron chi connectivity index (χ3n) is 4.77. The minimum Gasteiger partial charge on any atom is -0.313 e. The lowest BCUT2D eigenvalue weighted by atomic mass is 10.0. The maximum absolute atomic E-state index is 4.39. The van der Waals surface area contributed by atoms with Crippen LogP contribution in [0.2, 0.25) is 0 Å². The summed E-state index contributed by atoms with van der Waals surface area (Å²) < 4.78 is 1.79. The maximum Gasteiger partial charge on any atom is 0.134 e. The van der Waals surface area contributed by atoms with E-state index in [0.717, 1.165) is 47.5 Å². The molecule has 0 spiro atoms. The number of rotatable bonds is 3. The Labute approximate surface area is 150 Å². The SMILES string of the molecule is C1=C(c2ccc(-n3cc(-c4n[nH]c5ccccc45)nn3)cc2)CCNC1. The van der Waals surface area contributed by atoms with Gasteiger partial charge < -0.3 is 5.32 Å². The van der Waals surface area contributed by atoms with Crippen molar-refractivity contribution in [2.75, 3.05) is 13.1 Å². The van der Waals surface area contributed by atoms with Gasteiger partial charge in [-0.25, -0.2) is 4.68 Å². The number of benzene rings is 2. The second-order valence-electron chi connectivity index (χ2n) is 6.40. The highest BCUT2D eigenvalue weighted by Gasteiger charge is 2.12. The first kappa shape index (κ1) is 15.0. The van der Waals surface area contributed by atoms with Gasteiger partial charge in [0.25, 0.3) is 0 Å². The van der Waals surface area contributed by atoms with Crippen LogP contribution in [-0.2, 0) is 0 Å². The normalized spacial score (nSPS) is 14.5. The Morgan fingerprint density at radius 1 is 1.00 bits per heavy atom. The van der Waals surface area contributed by atoms with Gasteiger partial charge in [0, 0.05) is 11.9 Å². The average Bonchev–Trinajstić information content (AvgIpc) is 3.36. The maximum atomic E-state index is 4.39. The molecule has 6 nitrogen and oxygen atoms in total. The van der Waals surface area contributed by atoms with Gasteiger partial charge in [-0.15, -0.1) is 5.10 Å². The van der Waals surface area contributed by atoms with Crippen molar-refractivity contribution >= 4 is 16.5 Å². The van der Waals surface area contributed by atoms with Crippen LogP contribution in [0, 0.1) is 0 Å². The van der Waals surface area contributed by atoms with Crippen molar-refractivity contribution in [3.63, 3.8) is 0 Å². The van der Waals surface area contributed by atoms with Crippen LogP contribution in [0.15, 0.2) is 60.8 Å². The number of fused-ring (bicyclic) bond motifs is 1. The van der Waals surface area contributed by atoms with Crippen LogP contribution in [0.25, 0.3) is 33.6 Å². The van der Waals surface area contributed by atoms with E-state index in [9.17, 15) is 0 Å². The summed E-state index contributed by atoms with van der Waals surface area (Å²) in [5.74, 6) is 0. The molecule has 0 fully saturated rings. The zero-order chi connectivity index (χ0) is 17.3. The van der Waals surface area contributed by atoms with E-state index in [-0.39, 0.29) is 0 Å². The molecule has 2 aromatic carbocycles. The number of hydrogen-bond acceptors (Lipinski definition) is 4. The van der Waals surface area contributed by atoms with Gasteiger partial charge in [0.05, 0.1) is 17.4 Å². The van der Waals surface area contributed by atoms with Gasteiger partial charge in [-0.1, -0.05) is 41.6 Å². The summed E-state index contributed by atoms with van der Waals surface area (Å²) >= 11 is 0. The molecule has 0 atom stereocenters. The molecular formula is C20H18N6. The van der Waals surface area contributed by atoms with Gasteiger partial charge >= 0.3 is 0 Å². The Morgan fingerprint density at radius 3 is 2.73 bits per heavy atom. The van der Waals surface area contributed by atoms with E-state index in [1.165, 1.54) is 11.1 Å². The molecular weight excluding hydrogens is 324 g/mol. The fraction of sp³-hybridized carbons (Fsp3) is 0.150. The zero-order valence-electron chi connectivity index (χ0n) is 14.2. The largest absolute Gasteiger partial charge is 0.313 e. The van der Waals surface area contributed by atoms with Crippen molar-refractivity contribution in [3.8, 4) is 17.1 Å². The van der Waals surface area contributed by atoms with Crippen LogP contribution in [0.1, 0.15) is 12.0 Å². The second kappa shape index (κ2) is 6.24. The van der Waals surface area contributed by atoms with Crippen molar-refractivity contribution in [2.45, 2.75) is 6.42 Å². The summed E-state index contributed by atoms with van der Waals surface area (Å²) in [7, 11) is 0. The summed E-state index contributed by atoms with van der Waals surface area (Å²) in [5.41, 5.74) is 6.24. The van der Waals surface area contributed by atoms with Gasteiger partial charge in [0.15, 0.2) is 0 Å². The standard InChI is InChI=1S/C20H18N6/c1-2-4-18-17(3-1)20(24-22-18)19-13-26(25-23-19)16-7-5-14(6-8-16)15-9-11-21-12-10-15/h1-9,13,21H,10-12H2,(H,22,24). The van der Waals surface area contributed by atoms with E-state index in [4.69, 9.17) is 0 Å². The zero-order valence-corrected chi connectivity index (χ0v) is 14.2. The van der Waals surface area contributed by atoms with Crippen LogP contribution in [0.5, 0.6) is 0 Å².